The number of unbranched alkanes of at least 4 members (excludes halogenated alkanes) is 1. The van der Waals surface area contributed by atoms with Crippen LogP contribution in [0.5, 0.6) is 0 Å². The van der Waals surface area contributed by atoms with Gasteiger partial charge in [-0.3, -0.25) is 0 Å². The molecule has 1 heteroatoms. The highest BCUT2D eigenvalue weighted by Gasteiger charge is 2.06. The molecule has 1 unspecified atom stereocenters. The van der Waals surface area contributed by atoms with Crippen molar-refractivity contribution in [1.29, 1.82) is 0 Å². The Morgan fingerprint density at radius 2 is 2.00 bits per heavy atom. The Labute approximate surface area is 67.2 Å². The maximum absolute atomic E-state index is 3.61. The minimum Gasteiger partial charge on any atom is -0.0888 e. The molecule has 55 valence electrons. The van der Waals surface area contributed by atoms with Crippen LogP contribution < -0.4 is 0 Å². The molecule has 0 aliphatic heterocycles. The maximum atomic E-state index is 3.61. The number of rotatable bonds is 4. The third-order valence-corrected chi connectivity index (χ3v) is 2.84. The molecule has 0 saturated carbocycles. The monoisotopic (exact) mass is 191 g/mol. The van der Waals surface area contributed by atoms with E-state index in [9.17, 15) is 0 Å². The van der Waals surface area contributed by atoms with Crippen LogP contribution in [0, 0.1) is 12.3 Å². The first-order chi connectivity index (χ1) is 4.18. The molecule has 0 aliphatic carbocycles. The molecule has 0 saturated heterocycles. The van der Waals surface area contributed by atoms with Gasteiger partial charge in [0, 0.05) is 4.83 Å². The Kier molecular flexibility index (Phi) is 5.56. The molecule has 0 aromatic carbocycles. The van der Waals surface area contributed by atoms with Gasteiger partial charge in [-0.15, -0.1) is 0 Å². The SMILES string of the molecule is CC[CH]CC(Br)C(C)C. The van der Waals surface area contributed by atoms with Crippen molar-refractivity contribution in [3.63, 3.8) is 0 Å². The van der Waals surface area contributed by atoms with E-state index in [-0.39, 0.29) is 0 Å². The predicted molar refractivity (Wildman–Crippen MR) is 46.8 cm³/mol. The zero-order valence-corrected chi connectivity index (χ0v) is 8.11. The Balaban J connectivity index is 3.16. The van der Waals surface area contributed by atoms with Gasteiger partial charge in [-0.1, -0.05) is 43.1 Å². The van der Waals surface area contributed by atoms with Crippen molar-refractivity contribution in [2.24, 2.45) is 5.92 Å². The van der Waals surface area contributed by atoms with E-state index in [2.05, 4.69) is 43.1 Å². The van der Waals surface area contributed by atoms with Crippen LogP contribution in [0.3, 0.4) is 0 Å². The van der Waals surface area contributed by atoms with Gasteiger partial charge < -0.3 is 0 Å². The fourth-order valence-electron chi connectivity index (χ4n) is 0.598. The van der Waals surface area contributed by atoms with E-state index in [1.54, 1.807) is 0 Å². The van der Waals surface area contributed by atoms with E-state index >= 15 is 0 Å². The fraction of sp³-hybridized carbons (Fsp3) is 0.875. The second kappa shape index (κ2) is 5.28. The topological polar surface area (TPSA) is 0 Å². The summed E-state index contributed by atoms with van der Waals surface area (Å²) in [4.78, 5) is 0.678. The Morgan fingerprint density at radius 1 is 1.44 bits per heavy atom. The lowest BCUT2D eigenvalue weighted by Gasteiger charge is -2.11. The van der Waals surface area contributed by atoms with Gasteiger partial charge in [0.25, 0.3) is 0 Å². The zero-order chi connectivity index (χ0) is 7.28. The van der Waals surface area contributed by atoms with Gasteiger partial charge in [-0.2, -0.15) is 0 Å². The van der Waals surface area contributed by atoms with Crippen molar-refractivity contribution in [2.75, 3.05) is 0 Å². The van der Waals surface area contributed by atoms with Gasteiger partial charge in [-0.05, 0) is 18.8 Å². The van der Waals surface area contributed by atoms with Crippen LogP contribution in [-0.4, -0.2) is 4.83 Å². The van der Waals surface area contributed by atoms with Crippen molar-refractivity contribution in [3.8, 4) is 0 Å². The molecule has 0 aromatic heterocycles. The molecule has 0 nitrogen and oxygen atoms in total. The summed E-state index contributed by atoms with van der Waals surface area (Å²) in [6, 6.07) is 0. The summed E-state index contributed by atoms with van der Waals surface area (Å²) in [5.41, 5.74) is 0. The number of alkyl halides is 1. The molecule has 0 amide bonds. The fourth-order valence-corrected chi connectivity index (χ4v) is 0.862. The predicted octanol–water partition coefficient (Wildman–Crippen LogP) is 3.41. The van der Waals surface area contributed by atoms with Crippen molar-refractivity contribution in [2.45, 2.75) is 38.4 Å². The first kappa shape index (κ1) is 9.48. The molecular weight excluding hydrogens is 176 g/mol. The normalized spacial score (nSPS) is 14.3. The number of hydrogen-bond donors (Lipinski definition) is 0. The first-order valence-electron chi connectivity index (χ1n) is 3.64. The largest absolute Gasteiger partial charge is 0.0888 e. The lowest BCUT2D eigenvalue weighted by atomic mass is 10.1. The molecule has 1 radical (unpaired) electrons. The molecular formula is C8H16Br. The van der Waals surface area contributed by atoms with Crippen LogP contribution in [0.25, 0.3) is 0 Å². The lowest BCUT2D eigenvalue weighted by Crippen LogP contribution is -2.06. The van der Waals surface area contributed by atoms with Crippen LogP contribution >= 0.6 is 15.9 Å². The van der Waals surface area contributed by atoms with Crippen LogP contribution in [-0.2, 0) is 0 Å². The van der Waals surface area contributed by atoms with Crippen LogP contribution in [0.15, 0.2) is 0 Å². The molecule has 1 atom stereocenters. The minimum atomic E-state index is 0.678. The van der Waals surface area contributed by atoms with Crippen molar-refractivity contribution < 1.29 is 0 Å². The quantitative estimate of drug-likeness (QED) is 0.598. The average Bonchev–Trinajstić information content (AvgIpc) is 1.82. The molecule has 0 spiro atoms. The molecule has 0 aromatic rings. The summed E-state index contributed by atoms with van der Waals surface area (Å²) < 4.78 is 0. The molecule has 0 rings (SSSR count). The van der Waals surface area contributed by atoms with Gasteiger partial charge in [0.15, 0.2) is 0 Å². The van der Waals surface area contributed by atoms with Crippen molar-refractivity contribution >= 4 is 15.9 Å². The Morgan fingerprint density at radius 3 is 2.33 bits per heavy atom. The highest BCUT2D eigenvalue weighted by molar-refractivity contribution is 9.09. The molecule has 0 bridgehead atoms. The van der Waals surface area contributed by atoms with Crippen LogP contribution in [0.4, 0.5) is 0 Å². The highest BCUT2D eigenvalue weighted by Crippen LogP contribution is 2.17. The molecule has 0 fully saturated rings. The third-order valence-electron chi connectivity index (χ3n) is 1.40. The molecule has 9 heavy (non-hydrogen) atoms. The van der Waals surface area contributed by atoms with Gasteiger partial charge in [-0.25, -0.2) is 0 Å². The lowest BCUT2D eigenvalue weighted by molar-refractivity contribution is 0.603. The Hall–Kier alpha value is 0.480. The summed E-state index contributed by atoms with van der Waals surface area (Å²) in [6.07, 6.45) is 4.71. The highest BCUT2D eigenvalue weighted by atomic mass is 79.9. The van der Waals surface area contributed by atoms with Crippen LogP contribution in [0.2, 0.25) is 0 Å². The standard InChI is InChI=1S/C8H16Br/c1-4-5-6-8(9)7(2)3/h5,7-8H,4,6H2,1-3H3. The van der Waals surface area contributed by atoms with Gasteiger partial charge in [0.1, 0.15) is 0 Å². The van der Waals surface area contributed by atoms with E-state index in [4.69, 9.17) is 0 Å². The summed E-state index contributed by atoms with van der Waals surface area (Å²) in [7, 11) is 0. The summed E-state index contributed by atoms with van der Waals surface area (Å²) in [6.45, 7) is 6.66. The van der Waals surface area contributed by atoms with E-state index in [1.165, 1.54) is 12.8 Å². The third kappa shape index (κ3) is 4.95. The number of hydrogen-bond acceptors (Lipinski definition) is 0. The van der Waals surface area contributed by atoms with E-state index < -0.39 is 0 Å². The zero-order valence-electron chi connectivity index (χ0n) is 6.52. The smallest absolute Gasteiger partial charge is 0.0171 e. The second-order valence-corrected chi connectivity index (χ2v) is 3.87. The Bertz CT molecular complexity index is 59.6. The first-order valence-corrected chi connectivity index (χ1v) is 4.55. The maximum Gasteiger partial charge on any atom is 0.0171 e. The molecule has 0 N–H and O–H groups in total. The van der Waals surface area contributed by atoms with Gasteiger partial charge in [0.2, 0.25) is 0 Å². The summed E-state index contributed by atoms with van der Waals surface area (Å²) in [5, 5.41) is 0. The van der Waals surface area contributed by atoms with Crippen molar-refractivity contribution in [1.82, 2.24) is 0 Å². The van der Waals surface area contributed by atoms with Gasteiger partial charge >= 0.3 is 0 Å². The average molecular weight is 192 g/mol. The van der Waals surface area contributed by atoms with E-state index in [1.807, 2.05) is 0 Å². The second-order valence-electron chi connectivity index (χ2n) is 2.69. The molecule has 0 heterocycles. The van der Waals surface area contributed by atoms with Crippen LogP contribution in [0.1, 0.15) is 33.6 Å². The van der Waals surface area contributed by atoms with Crippen molar-refractivity contribution in [3.05, 3.63) is 6.42 Å². The van der Waals surface area contributed by atoms with E-state index in [0.29, 0.717) is 4.83 Å². The minimum absolute atomic E-state index is 0.678. The number of halogens is 1. The van der Waals surface area contributed by atoms with Gasteiger partial charge in [0.05, 0.1) is 0 Å². The van der Waals surface area contributed by atoms with E-state index in [0.717, 1.165) is 5.92 Å². The summed E-state index contributed by atoms with van der Waals surface area (Å²) >= 11 is 3.61. The molecule has 0 aliphatic rings. The summed E-state index contributed by atoms with van der Waals surface area (Å²) in [5.74, 6) is 0.757.